The van der Waals surface area contributed by atoms with Gasteiger partial charge in [0, 0.05) is 24.3 Å². The molecule has 0 aromatic heterocycles. The highest BCUT2D eigenvalue weighted by molar-refractivity contribution is 5.89. The van der Waals surface area contributed by atoms with Crippen LogP contribution >= 0.6 is 0 Å². The van der Waals surface area contributed by atoms with Gasteiger partial charge in [-0.2, -0.15) is 10.2 Å². The van der Waals surface area contributed by atoms with Gasteiger partial charge < -0.3 is 0 Å². The number of unbranched alkanes of at least 4 members (excludes halogenated alkanes) is 3. The molecule has 2 saturated carbocycles. The summed E-state index contributed by atoms with van der Waals surface area (Å²) >= 11 is 0. The van der Waals surface area contributed by atoms with Crippen LogP contribution in [0.3, 0.4) is 0 Å². The van der Waals surface area contributed by atoms with E-state index in [0.29, 0.717) is 24.7 Å². The fraction of sp³-hybridized carbons (Fsp3) is 0.818. The van der Waals surface area contributed by atoms with Crippen LogP contribution in [0, 0.1) is 11.8 Å². The van der Waals surface area contributed by atoms with Crippen LogP contribution in [-0.2, 0) is 9.59 Å². The van der Waals surface area contributed by atoms with E-state index in [4.69, 9.17) is 0 Å². The Morgan fingerprint density at radius 2 is 1.18 bits per heavy atom. The Kier molecular flexibility index (Phi) is 10.2. The van der Waals surface area contributed by atoms with Crippen molar-refractivity contribution in [2.24, 2.45) is 22.0 Å². The maximum Gasteiger partial charge on any atom is 0.240 e. The molecule has 2 N–H and O–H groups in total. The van der Waals surface area contributed by atoms with Crippen molar-refractivity contribution in [1.29, 1.82) is 0 Å². The number of hydrogen-bond donors (Lipinski definition) is 2. The normalized spacial score (nSPS) is 25.6. The van der Waals surface area contributed by atoms with Gasteiger partial charge in [-0.05, 0) is 63.2 Å². The number of hydrazone groups is 2. The third kappa shape index (κ3) is 8.53. The summed E-state index contributed by atoms with van der Waals surface area (Å²) in [7, 11) is 0. The number of carbonyl (C=O) groups excluding carboxylic acids is 2. The molecule has 2 aliphatic carbocycles. The zero-order valence-corrected chi connectivity index (χ0v) is 17.8. The summed E-state index contributed by atoms with van der Waals surface area (Å²) in [6, 6.07) is 0. The highest BCUT2D eigenvalue weighted by Crippen LogP contribution is 2.21. The SMILES string of the molecule is CC1CCCC/C1=N\NC(=O)CCCCCCC(=O)N/N=C1\CCCCC1C. The summed E-state index contributed by atoms with van der Waals surface area (Å²) in [5.74, 6) is 0.985. The fourth-order valence-electron chi connectivity index (χ4n) is 3.98. The average Bonchev–Trinajstić information content (AvgIpc) is 2.69. The quantitative estimate of drug-likeness (QED) is 0.442. The Morgan fingerprint density at radius 1 is 0.750 bits per heavy atom. The average molecular weight is 391 g/mol. The number of nitrogens with zero attached hydrogens (tertiary/aromatic N) is 2. The maximum absolute atomic E-state index is 11.9. The topological polar surface area (TPSA) is 82.9 Å². The highest BCUT2D eigenvalue weighted by Gasteiger charge is 2.17. The van der Waals surface area contributed by atoms with Crippen molar-refractivity contribution in [3.8, 4) is 0 Å². The van der Waals surface area contributed by atoms with E-state index in [2.05, 4.69) is 34.9 Å². The van der Waals surface area contributed by atoms with E-state index >= 15 is 0 Å². The van der Waals surface area contributed by atoms with Crippen LogP contribution in [0.2, 0.25) is 0 Å². The van der Waals surface area contributed by atoms with Crippen molar-refractivity contribution < 1.29 is 9.59 Å². The number of amides is 2. The lowest BCUT2D eigenvalue weighted by atomic mass is 9.89. The van der Waals surface area contributed by atoms with Gasteiger partial charge >= 0.3 is 0 Å². The molecular formula is C22H38N4O2. The number of hydrogen-bond acceptors (Lipinski definition) is 4. The van der Waals surface area contributed by atoms with Crippen molar-refractivity contribution >= 4 is 23.2 Å². The van der Waals surface area contributed by atoms with Crippen LogP contribution in [0.1, 0.15) is 104 Å². The van der Waals surface area contributed by atoms with Crippen molar-refractivity contribution in [1.82, 2.24) is 10.9 Å². The summed E-state index contributed by atoms with van der Waals surface area (Å²) in [6.45, 7) is 4.37. The van der Waals surface area contributed by atoms with Crippen molar-refractivity contribution in [3.05, 3.63) is 0 Å². The first-order valence-corrected chi connectivity index (χ1v) is 11.3. The molecule has 158 valence electrons. The Morgan fingerprint density at radius 3 is 1.57 bits per heavy atom. The molecule has 0 aliphatic heterocycles. The molecule has 0 radical (unpaired) electrons. The first-order chi connectivity index (χ1) is 13.6. The van der Waals surface area contributed by atoms with E-state index in [1.807, 2.05) is 0 Å². The first kappa shape index (κ1) is 22.6. The number of rotatable bonds is 9. The highest BCUT2D eigenvalue weighted by atomic mass is 16.2. The molecular weight excluding hydrogens is 352 g/mol. The lowest BCUT2D eigenvalue weighted by Gasteiger charge is -2.19. The monoisotopic (exact) mass is 390 g/mol. The minimum absolute atomic E-state index is 0.000410. The second-order valence-electron chi connectivity index (χ2n) is 8.48. The van der Waals surface area contributed by atoms with Gasteiger partial charge in [0.05, 0.1) is 0 Å². The molecule has 28 heavy (non-hydrogen) atoms. The molecule has 0 aromatic rings. The van der Waals surface area contributed by atoms with E-state index in [1.54, 1.807) is 0 Å². The smallest absolute Gasteiger partial charge is 0.240 e. The van der Waals surface area contributed by atoms with Crippen LogP contribution in [-0.4, -0.2) is 23.2 Å². The molecule has 0 aromatic carbocycles. The van der Waals surface area contributed by atoms with Crippen LogP contribution in [0.4, 0.5) is 0 Å². The summed E-state index contributed by atoms with van der Waals surface area (Å²) in [4.78, 5) is 23.8. The van der Waals surface area contributed by atoms with E-state index in [0.717, 1.165) is 49.9 Å². The van der Waals surface area contributed by atoms with Crippen LogP contribution in [0.15, 0.2) is 10.2 Å². The van der Waals surface area contributed by atoms with E-state index in [1.165, 1.54) is 38.5 Å². The predicted octanol–water partition coefficient (Wildman–Crippen LogP) is 4.69. The first-order valence-electron chi connectivity index (χ1n) is 11.3. The van der Waals surface area contributed by atoms with Gasteiger partial charge in [-0.25, -0.2) is 10.9 Å². The summed E-state index contributed by atoms with van der Waals surface area (Å²) < 4.78 is 0. The zero-order chi connectivity index (χ0) is 20.2. The molecule has 6 heteroatoms. The maximum atomic E-state index is 11.9. The fourth-order valence-corrected chi connectivity index (χ4v) is 3.98. The van der Waals surface area contributed by atoms with E-state index < -0.39 is 0 Å². The largest absolute Gasteiger partial charge is 0.273 e. The number of nitrogens with one attached hydrogen (secondary N) is 2. The molecule has 2 fully saturated rings. The molecule has 2 rings (SSSR count). The van der Waals surface area contributed by atoms with Crippen LogP contribution in [0.5, 0.6) is 0 Å². The Bertz CT molecular complexity index is 521. The predicted molar refractivity (Wildman–Crippen MR) is 114 cm³/mol. The second kappa shape index (κ2) is 12.7. The molecule has 0 spiro atoms. The Hall–Kier alpha value is -1.72. The van der Waals surface area contributed by atoms with Gasteiger partial charge in [0.25, 0.3) is 0 Å². The summed E-state index contributed by atoms with van der Waals surface area (Å²) in [5.41, 5.74) is 7.70. The van der Waals surface area contributed by atoms with Gasteiger partial charge in [-0.15, -0.1) is 0 Å². The lowest BCUT2D eigenvalue weighted by molar-refractivity contribution is -0.122. The van der Waals surface area contributed by atoms with E-state index in [-0.39, 0.29) is 11.8 Å². The molecule has 6 nitrogen and oxygen atoms in total. The van der Waals surface area contributed by atoms with Crippen molar-refractivity contribution in [3.63, 3.8) is 0 Å². The molecule has 0 heterocycles. The van der Waals surface area contributed by atoms with Gasteiger partial charge in [-0.1, -0.05) is 39.5 Å². The third-order valence-corrected chi connectivity index (χ3v) is 5.98. The van der Waals surface area contributed by atoms with Crippen molar-refractivity contribution in [2.75, 3.05) is 0 Å². The standard InChI is InChI=1S/C22H38N4O2/c1-17-11-7-9-13-19(17)23-25-21(27)15-5-3-4-6-16-22(28)26-24-20-14-10-8-12-18(20)2/h17-18H,3-16H2,1-2H3,(H,25,27)(H,26,28)/b23-19+,24-20+. The van der Waals surface area contributed by atoms with Crippen LogP contribution < -0.4 is 10.9 Å². The second-order valence-corrected chi connectivity index (χ2v) is 8.48. The number of carbonyl (C=O) groups is 2. The third-order valence-electron chi connectivity index (χ3n) is 5.98. The minimum atomic E-state index is 0.000410. The summed E-state index contributed by atoms with van der Waals surface area (Å²) in [5, 5.41) is 8.64. The van der Waals surface area contributed by atoms with Gasteiger partial charge in [0.1, 0.15) is 0 Å². The molecule has 2 amide bonds. The van der Waals surface area contributed by atoms with Crippen molar-refractivity contribution in [2.45, 2.75) is 104 Å². The van der Waals surface area contributed by atoms with Gasteiger partial charge in [-0.3, -0.25) is 9.59 Å². The lowest BCUT2D eigenvalue weighted by Crippen LogP contribution is -2.24. The molecule has 2 aliphatic rings. The minimum Gasteiger partial charge on any atom is -0.273 e. The molecule has 0 bridgehead atoms. The zero-order valence-electron chi connectivity index (χ0n) is 17.8. The molecule has 2 atom stereocenters. The van der Waals surface area contributed by atoms with Crippen LogP contribution in [0.25, 0.3) is 0 Å². The Labute approximate surface area is 170 Å². The Balaban J connectivity index is 1.49. The van der Waals surface area contributed by atoms with Gasteiger partial charge in [0.2, 0.25) is 11.8 Å². The molecule has 2 unspecified atom stereocenters. The van der Waals surface area contributed by atoms with E-state index in [9.17, 15) is 9.59 Å². The van der Waals surface area contributed by atoms with Gasteiger partial charge in [0.15, 0.2) is 0 Å². The molecule has 0 saturated heterocycles. The summed E-state index contributed by atoms with van der Waals surface area (Å²) in [6.07, 6.45) is 13.9.